The van der Waals surface area contributed by atoms with Crippen LogP contribution in [-0.4, -0.2) is 52.1 Å². The van der Waals surface area contributed by atoms with Crippen molar-refractivity contribution < 1.29 is 0 Å². The van der Waals surface area contributed by atoms with Crippen LogP contribution in [0.15, 0.2) is 28.4 Å². The Hall–Kier alpha value is -3.28. The van der Waals surface area contributed by atoms with Gasteiger partial charge in [0.05, 0.1) is 32.6 Å². The molecule has 2 aliphatic rings. The number of fused-ring (bicyclic) bond motifs is 2. The summed E-state index contributed by atoms with van der Waals surface area (Å²) in [4.78, 5) is 28.5. The summed E-state index contributed by atoms with van der Waals surface area (Å²) >= 11 is 1.50. The minimum Gasteiger partial charge on any atom is -0.397 e. The Morgan fingerprint density at radius 2 is 1.97 bits per heavy atom. The number of anilines is 2. The van der Waals surface area contributed by atoms with Crippen LogP contribution in [0.2, 0.25) is 0 Å². The van der Waals surface area contributed by atoms with Crippen LogP contribution in [0.4, 0.5) is 11.4 Å². The summed E-state index contributed by atoms with van der Waals surface area (Å²) in [6.07, 6.45) is 8.52. The van der Waals surface area contributed by atoms with Gasteiger partial charge < -0.3 is 20.6 Å². The summed E-state index contributed by atoms with van der Waals surface area (Å²) in [5.41, 5.74) is 11.1. The van der Waals surface area contributed by atoms with Crippen molar-refractivity contribution in [2.75, 3.05) is 36.8 Å². The number of nitrogens with one attached hydrogen (secondary N) is 2. The van der Waals surface area contributed by atoms with E-state index < -0.39 is 0 Å². The second-order valence-electron chi connectivity index (χ2n) is 8.28. The topological polar surface area (TPSA) is 94.0 Å². The molecule has 0 atom stereocenters. The van der Waals surface area contributed by atoms with Crippen LogP contribution in [0.5, 0.6) is 0 Å². The van der Waals surface area contributed by atoms with Crippen molar-refractivity contribution in [1.29, 1.82) is 0 Å². The van der Waals surface area contributed by atoms with Crippen molar-refractivity contribution in [1.82, 2.24) is 19.9 Å². The third kappa shape index (κ3) is 3.00. The van der Waals surface area contributed by atoms with Crippen molar-refractivity contribution >= 4 is 44.0 Å². The fourth-order valence-corrected chi connectivity index (χ4v) is 5.40. The van der Waals surface area contributed by atoms with Gasteiger partial charge in [-0.2, -0.15) is 0 Å². The molecule has 31 heavy (non-hydrogen) atoms. The van der Waals surface area contributed by atoms with Crippen molar-refractivity contribution in [3.05, 3.63) is 39.5 Å². The first-order chi connectivity index (χ1) is 15.1. The standard InChI is InChI=1S/C23H22N6OS/c1-2-13-11-16-17(12-18(13)29-8-6-28(7-9-29)14-3-4-14)26-22(25-16)19-20(24)21-15(5-10-31-21)27-23(19)30/h1,5,10-12,14H,3-4,6-9H2,(H,25,26)(H3,24,27,30). The lowest BCUT2D eigenvalue weighted by molar-refractivity contribution is 0.248. The van der Waals surface area contributed by atoms with E-state index in [1.165, 1.54) is 24.2 Å². The predicted molar refractivity (Wildman–Crippen MR) is 127 cm³/mol. The Balaban J connectivity index is 1.41. The Kier molecular flexibility index (Phi) is 4.10. The van der Waals surface area contributed by atoms with Crippen LogP contribution < -0.4 is 16.2 Å². The van der Waals surface area contributed by atoms with Crippen LogP contribution in [0.3, 0.4) is 0 Å². The lowest BCUT2D eigenvalue weighted by atomic mass is 10.1. The number of piperazine rings is 1. The molecule has 2 fully saturated rings. The molecule has 1 aromatic carbocycles. The molecule has 4 aromatic rings. The fourth-order valence-electron chi connectivity index (χ4n) is 4.58. The second kappa shape index (κ2) is 6.87. The van der Waals surface area contributed by atoms with E-state index >= 15 is 0 Å². The van der Waals surface area contributed by atoms with E-state index in [-0.39, 0.29) is 5.56 Å². The van der Waals surface area contributed by atoms with Crippen molar-refractivity contribution in [2.24, 2.45) is 0 Å². The second-order valence-corrected chi connectivity index (χ2v) is 9.19. The van der Waals surface area contributed by atoms with Crippen LogP contribution >= 0.6 is 11.3 Å². The molecule has 156 valence electrons. The highest BCUT2D eigenvalue weighted by molar-refractivity contribution is 7.17. The number of nitrogen functional groups attached to an aromatic ring is 1. The number of pyridine rings is 1. The average Bonchev–Trinajstić information content (AvgIpc) is 3.38. The van der Waals surface area contributed by atoms with Crippen LogP contribution in [0.1, 0.15) is 18.4 Å². The number of hydrogen-bond donors (Lipinski definition) is 3. The minimum atomic E-state index is -0.254. The smallest absolute Gasteiger partial charge is 0.261 e. The molecule has 4 heterocycles. The molecule has 8 heteroatoms. The van der Waals surface area contributed by atoms with Gasteiger partial charge >= 0.3 is 0 Å². The third-order valence-corrected chi connectivity index (χ3v) is 7.31. The van der Waals surface area contributed by atoms with E-state index in [9.17, 15) is 4.79 Å². The maximum absolute atomic E-state index is 12.7. The van der Waals surface area contributed by atoms with Crippen molar-refractivity contribution in [3.63, 3.8) is 0 Å². The Morgan fingerprint density at radius 1 is 1.16 bits per heavy atom. The summed E-state index contributed by atoms with van der Waals surface area (Å²) in [7, 11) is 0. The number of nitrogens with zero attached hydrogens (tertiary/aromatic N) is 3. The van der Waals surface area contributed by atoms with E-state index in [4.69, 9.17) is 17.1 Å². The molecule has 1 saturated heterocycles. The number of aromatic nitrogens is 3. The molecule has 0 spiro atoms. The first kappa shape index (κ1) is 18.5. The molecule has 7 nitrogen and oxygen atoms in total. The zero-order chi connectivity index (χ0) is 21.1. The summed E-state index contributed by atoms with van der Waals surface area (Å²) < 4.78 is 0.855. The molecule has 4 N–H and O–H groups in total. The van der Waals surface area contributed by atoms with Gasteiger partial charge in [0.1, 0.15) is 11.4 Å². The van der Waals surface area contributed by atoms with E-state index in [0.29, 0.717) is 17.1 Å². The number of H-pyrrole nitrogens is 2. The Labute approximate surface area is 182 Å². The first-order valence-corrected chi connectivity index (χ1v) is 11.4. The quantitative estimate of drug-likeness (QED) is 0.435. The molecule has 0 unspecified atom stereocenters. The largest absolute Gasteiger partial charge is 0.397 e. The minimum absolute atomic E-state index is 0.254. The highest BCUT2D eigenvalue weighted by Gasteiger charge is 2.31. The Bertz CT molecular complexity index is 1410. The fraction of sp³-hybridized carbons (Fsp3) is 0.304. The van der Waals surface area contributed by atoms with Crippen LogP contribution in [0, 0.1) is 12.3 Å². The molecule has 0 radical (unpaired) electrons. The highest BCUT2D eigenvalue weighted by atomic mass is 32.1. The van der Waals surface area contributed by atoms with Crippen LogP contribution in [0.25, 0.3) is 32.6 Å². The van der Waals surface area contributed by atoms with Crippen LogP contribution in [-0.2, 0) is 0 Å². The zero-order valence-electron chi connectivity index (χ0n) is 16.9. The SMILES string of the molecule is C#Cc1cc2[nH]c(-c3c(N)c4sccc4[nH]c3=O)nc2cc1N1CCN(C2CC2)CC1. The number of terminal acetylenes is 1. The summed E-state index contributed by atoms with van der Waals surface area (Å²) in [5.74, 6) is 3.29. The van der Waals surface area contributed by atoms with Gasteiger partial charge in [-0.3, -0.25) is 9.69 Å². The monoisotopic (exact) mass is 430 g/mol. The number of benzene rings is 1. The maximum Gasteiger partial charge on any atom is 0.261 e. The zero-order valence-corrected chi connectivity index (χ0v) is 17.8. The molecule has 1 aliphatic heterocycles. The van der Waals surface area contributed by atoms with E-state index in [0.717, 1.165) is 64.7 Å². The van der Waals surface area contributed by atoms with E-state index in [1.54, 1.807) is 0 Å². The van der Waals surface area contributed by atoms with Crippen molar-refractivity contribution in [2.45, 2.75) is 18.9 Å². The molecule has 3 aromatic heterocycles. The van der Waals surface area contributed by atoms with Gasteiger partial charge in [0, 0.05) is 37.8 Å². The summed E-state index contributed by atoms with van der Waals surface area (Å²) in [6, 6.07) is 6.62. The number of rotatable bonds is 3. The van der Waals surface area contributed by atoms with Gasteiger partial charge in [-0.25, -0.2) is 4.98 Å². The van der Waals surface area contributed by atoms with Crippen molar-refractivity contribution in [3.8, 4) is 23.7 Å². The number of thiophene rings is 1. The average molecular weight is 431 g/mol. The lowest BCUT2D eigenvalue weighted by Gasteiger charge is -2.36. The molecule has 0 bridgehead atoms. The first-order valence-electron chi connectivity index (χ1n) is 10.5. The van der Waals surface area contributed by atoms with Gasteiger partial charge in [0.15, 0.2) is 0 Å². The van der Waals surface area contributed by atoms with Gasteiger partial charge in [-0.15, -0.1) is 17.8 Å². The van der Waals surface area contributed by atoms with Gasteiger partial charge in [0.2, 0.25) is 0 Å². The summed E-state index contributed by atoms with van der Waals surface area (Å²) in [6.45, 7) is 4.03. The van der Waals surface area contributed by atoms with Gasteiger partial charge in [-0.1, -0.05) is 5.92 Å². The van der Waals surface area contributed by atoms with Gasteiger partial charge in [0.25, 0.3) is 5.56 Å². The molecule has 0 amide bonds. The molecule has 1 saturated carbocycles. The molecule has 1 aliphatic carbocycles. The number of imidazole rings is 1. The van der Waals surface area contributed by atoms with E-state index in [1.807, 2.05) is 23.6 Å². The number of aromatic amines is 2. The highest BCUT2D eigenvalue weighted by Crippen LogP contribution is 2.34. The molecule has 6 rings (SSSR count). The van der Waals surface area contributed by atoms with Gasteiger partial charge in [-0.05, 0) is 36.4 Å². The number of hydrogen-bond acceptors (Lipinski definition) is 6. The number of nitrogens with two attached hydrogens (primary N) is 1. The normalized spacial score (nSPS) is 17.5. The lowest BCUT2D eigenvalue weighted by Crippen LogP contribution is -2.47. The molecular formula is C23H22N6OS. The van der Waals surface area contributed by atoms with E-state index in [2.05, 4.69) is 25.7 Å². The summed E-state index contributed by atoms with van der Waals surface area (Å²) in [5, 5.41) is 1.91. The third-order valence-electron chi connectivity index (χ3n) is 6.36. The maximum atomic E-state index is 12.7. The molecular weight excluding hydrogens is 408 g/mol. The Morgan fingerprint density at radius 3 is 2.71 bits per heavy atom. The predicted octanol–water partition coefficient (Wildman–Crippen LogP) is 2.98.